The first-order chi connectivity index (χ1) is 9.75. The van der Waals surface area contributed by atoms with Crippen LogP contribution in [0.2, 0.25) is 0 Å². The number of benzene rings is 2. The fraction of sp³-hybridized carbons (Fsp3) is 0.312. The van der Waals surface area contributed by atoms with Crippen molar-refractivity contribution in [1.29, 1.82) is 0 Å². The zero-order valence-electron chi connectivity index (χ0n) is 11.1. The Balaban J connectivity index is 1.87. The second-order valence-electron chi connectivity index (χ2n) is 4.92. The van der Waals surface area contributed by atoms with Crippen molar-refractivity contribution in [3.8, 4) is 0 Å². The van der Waals surface area contributed by atoms with Gasteiger partial charge in [0.15, 0.2) is 0 Å². The molecule has 2 aromatic rings. The maximum atomic E-state index is 12.4. The van der Waals surface area contributed by atoms with Gasteiger partial charge < -0.3 is 9.64 Å². The van der Waals surface area contributed by atoms with Crippen molar-refractivity contribution in [3.63, 3.8) is 0 Å². The van der Waals surface area contributed by atoms with Crippen LogP contribution < -0.4 is 0 Å². The number of ether oxygens (including phenoxy) is 1. The molecule has 3 rings (SSSR count). The fourth-order valence-corrected chi connectivity index (χ4v) is 3.04. The standard InChI is InChI=1S/C16H16BrNO2/c17-15-6-5-12(13-3-1-2-4-14(13)15)11-16(19)18-7-9-20-10-8-18/h1-6H,7-11H2. The highest BCUT2D eigenvalue weighted by Gasteiger charge is 2.18. The second kappa shape index (κ2) is 5.94. The minimum Gasteiger partial charge on any atom is -0.378 e. The second-order valence-corrected chi connectivity index (χ2v) is 5.78. The smallest absolute Gasteiger partial charge is 0.227 e. The number of carbonyl (C=O) groups is 1. The summed E-state index contributed by atoms with van der Waals surface area (Å²) >= 11 is 3.56. The molecule has 20 heavy (non-hydrogen) atoms. The van der Waals surface area contributed by atoms with Crippen molar-refractivity contribution in [3.05, 3.63) is 46.4 Å². The lowest BCUT2D eigenvalue weighted by Gasteiger charge is -2.27. The van der Waals surface area contributed by atoms with Gasteiger partial charge in [0.05, 0.1) is 19.6 Å². The van der Waals surface area contributed by atoms with Gasteiger partial charge in [-0.2, -0.15) is 0 Å². The molecule has 0 atom stereocenters. The molecule has 104 valence electrons. The largest absolute Gasteiger partial charge is 0.378 e. The van der Waals surface area contributed by atoms with E-state index in [1.54, 1.807) is 0 Å². The van der Waals surface area contributed by atoms with Crippen molar-refractivity contribution in [1.82, 2.24) is 4.90 Å². The van der Waals surface area contributed by atoms with Crippen molar-refractivity contribution < 1.29 is 9.53 Å². The van der Waals surface area contributed by atoms with Crippen LogP contribution in [0.3, 0.4) is 0 Å². The van der Waals surface area contributed by atoms with E-state index in [-0.39, 0.29) is 5.91 Å². The summed E-state index contributed by atoms with van der Waals surface area (Å²) in [7, 11) is 0. The van der Waals surface area contributed by atoms with Crippen LogP contribution in [0.1, 0.15) is 5.56 Å². The molecule has 1 heterocycles. The zero-order valence-corrected chi connectivity index (χ0v) is 12.7. The van der Waals surface area contributed by atoms with Crippen LogP contribution in [0.4, 0.5) is 0 Å². The van der Waals surface area contributed by atoms with Gasteiger partial charge in [0.1, 0.15) is 0 Å². The summed E-state index contributed by atoms with van der Waals surface area (Å²) in [5, 5.41) is 2.29. The zero-order chi connectivity index (χ0) is 13.9. The van der Waals surface area contributed by atoms with Gasteiger partial charge in [-0.25, -0.2) is 0 Å². The predicted molar refractivity (Wildman–Crippen MR) is 82.8 cm³/mol. The first kappa shape index (κ1) is 13.6. The number of nitrogens with zero attached hydrogens (tertiary/aromatic N) is 1. The number of amides is 1. The van der Waals surface area contributed by atoms with Gasteiger partial charge in [0, 0.05) is 17.6 Å². The van der Waals surface area contributed by atoms with Gasteiger partial charge in [-0.3, -0.25) is 4.79 Å². The highest BCUT2D eigenvalue weighted by Crippen LogP contribution is 2.27. The van der Waals surface area contributed by atoms with E-state index in [0.717, 1.165) is 20.8 Å². The topological polar surface area (TPSA) is 29.5 Å². The summed E-state index contributed by atoms with van der Waals surface area (Å²) in [6.45, 7) is 2.69. The summed E-state index contributed by atoms with van der Waals surface area (Å²) in [5.41, 5.74) is 1.08. The van der Waals surface area contributed by atoms with Crippen LogP contribution >= 0.6 is 15.9 Å². The van der Waals surface area contributed by atoms with Crippen LogP contribution in [-0.2, 0) is 16.0 Å². The monoisotopic (exact) mass is 333 g/mol. The predicted octanol–water partition coefficient (Wildman–Crippen LogP) is 3.00. The molecule has 2 aromatic carbocycles. The average molecular weight is 334 g/mol. The van der Waals surface area contributed by atoms with E-state index in [9.17, 15) is 4.79 Å². The molecular weight excluding hydrogens is 318 g/mol. The van der Waals surface area contributed by atoms with Gasteiger partial charge in [-0.1, -0.05) is 46.3 Å². The van der Waals surface area contributed by atoms with Crippen molar-refractivity contribution in [2.75, 3.05) is 26.3 Å². The molecule has 1 amide bonds. The number of halogens is 1. The van der Waals surface area contributed by atoms with Gasteiger partial charge in [0.2, 0.25) is 5.91 Å². The van der Waals surface area contributed by atoms with Crippen molar-refractivity contribution in [2.24, 2.45) is 0 Å². The Bertz CT molecular complexity index is 635. The molecular formula is C16H16BrNO2. The molecule has 1 fully saturated rings. The summed E-state index contributed by atoms with van der Waals surface area (Å²) < 4.78 is 6.35. The van der Waals surface area contributed by atoms with Crippen LogP contribution in [0.5, 0.6) is 0 Å². The fourth-order valence-electron chi connectivity index (χ4n) is 2.57. The van der Waals surface area contributed by atoms with E-state index in [0.29, 0.717) is 32.7 Å². The molecule has 0 radical (unpaired) electrons. The lowest BCUT2D eigenvalue weighted by molar-refractivity contribution is -0.134. The van der Waals surface area contributed by atoms with Crippen LogP contribution in [-0.4, -0.2) is 37.1 Å². The Morgan fingerprint density at radius 2 is 1.80 bits per heavy atom. The average Bonchev–Trinajstić information content (AvgIpc) is 2.51. The summed E-state index contributed by atoms with van der Waals surface area (Å²) in [4.78, 5) is 14.2. The van der Waals surface area contributed by atoms with E-state index in [4.69, 9.17) is 4.74 Å². The number of rotatable bonds is 2. The number of fused-ring (bicyclic) bond motifs is 1. The molecule has 0 aliphatic carbocycles. The minimum atomic E-state index is 0.181. The maximum absolute atomic E-state index is 12.4. The molecule has 3 nitrogen and oxygen atoms in total. The Morgan fingerprint density at radius 1 is 1.10 bits per heavy atom. The number of hydrogen-bond acceptors (Lipinski definition) is 2. The summed E-state index contributed by atoms with van der Waals surface area (Å²) in [6, 6.07) is 12.2. The number of morpholine rings is 1. The molecule has 1 saturated heterocycles. The third-order valence-corrected chi connectivity index (χ3v) is 4.36. The highest BCUT2D eigenvalue weighted by atomic mass is 79.9. The van der Waals surface area contributed by atoms with E-state index < -0.39 is 0 Å². The van der Waals surface area contributed by atoms with Crippen molar-refractivity contribution in [2.45, 2.75) is 6.42 Å². The molecule has 0 N–H and O–H groups in total. The van der Waals surface area contributed by atoms with Gasteiger partial charge in [0.25, 0.3) is 0 Å². The Hall–Kier alpha value is -1.39. The normalized spacial score (nSPS) is 15.6. The quantitative estimate of drug-likeness (QED) is 0.845. The third-order valence-electron chi connectivity index (χ3n) is 3.67. The van der Waals surface area contributed by atoms with Crippen molar-refractivity contribution >= 4 is 32.6 Å². The summed E-state index contributed by atoms with van der Waals surface area (Å²) in [6.07, 6.45) is 0.452. The molecule has 1 aliphatic rings. The van der Waals surface area contributed by atoms with Crippen LogP contribution in [0, 0.1) is 0 Å². The van der Waals surface area contributed by atoms with Gasteiger partial charge in [-0.05, 0) is 22.4 Å². The Morgan fingerprint density at radius 3 is 2.55 bits per heavy atom. The van der Waals surface area contributed by atoms with E-state index in [1.165, 1.54) is 0 Å². The van der Waals surface area contributed by atoms with E-state index in [1.807, 2.05) is 29.2 Å². The lowest BCUT2D eigenvalue weighted by atomic mass is 10.0. The van der Waals surface area contributed by atoms with E-state index >= 15 is 0 Å². The third kappa shape index (κ3) is 2.72. The highest BCUT2D eigenvalue weighted by molar-refractivity contribution is 9.10. The SMILES string of the molecule is O=C(Cc1ccc(Br)c2ccccc12)N1CCOCC1. The van der Waals surface area contributed by atoms with Gasteiger partial charge in [-0.15, -0.1) is 0 Å². The molecule has 0 saturated carbocycles. The first-order valence-corrected chi connectivity index (χ1v) is 7.56. The molecule has 0 bridgehead atoms. The Kier molecular flexibility index (Phi) is 4.03. The van der Waals surface area contributed by atoms with Crippen LogP contribution in [0.15, 0.2) is 40.9 Å². The molecule has 1 aliphatic heterocycles. The van der Waals surface area contributed by atoms with E-state index in [2.05, 4.69) is 28.1 Å². The van der Waals surface area contributed by atoms with Gasteiger partial charge >= 0.3 is 0 Å². The number of carbonyl (C=O) groups excluding carboxylic acids is 1. The maximum Gasteiger partial charge on any atom is 0.227 e. The van der Waals surface area contributed by atoms with Crippen LogP contribution in [0.25, 0.3) is 10.8 Å². The molecule has 0 spiro atoms. The minimum absolute atomic E-state index is 0.181. The lowest BCUT2D eigenvalue weighted by Crippen LogP contribution is -2.41. The number of hydrogen-bond donors (Lipinski definition) is 0. The Labute approximate surface area is 126 Å². The molecule has 0 unspecified atom stereocenters. The first-order valence-electron chi connectivity index (χ1n) is 6.77. The molecule has 4 heteroatoms. The summed E-state index contributed by atoms with van der Waals surface area (Å²) in [5.74, 6) is 0.181. The molecule has 0 aromatic heterocycles.